The van der Waals surface area contributed by atoms with Gasteiger partial charge in [-0.1, -0.05) is 18.9 Å². The van der Waals surface area contributed by atoms with Gasteiger partial charge in [0.15, 0.2) is 0 Å². The largest absolute Gasteiger partial charge is 0.453 e. The molecule has 0 saturated heterocycles. The molecule has 1 amide bonds. The fourth-order valence-corrected chi connectivity index (χ4v) is 4.23. The minimum absolute atomic E-state index is 0.128. The van der Waals surface area contributed by atoms with E-state index in [9.17, 15) is 13.2 Å². The third-order valence-electron chi connectivity index (χ3n) is 3.88. The fourth-order valence-electron chi connectivity index (χ4n) is 2.72. The van der Waals surface area contributed by atoms with Crippen LogP contribution in [0.3, 0.4) is 0 Å². The molecule has 1 N–H and O–H groups in total. The SMILES string of the molecule is COC(=O)Nc1cccc(OS(=O)(=O)CC2(OC)CCCC2)c1. The summed E-state index contributed by atoms with van der Waals surface area (Å²) < 4.78 is 39.7. The van der Waals surface area contributed by atoms with Crippen molar-refractivity contribution in [2.75, 3.05) is 25.3 Å². The van der Waals surface area contributed by atoms with Gasteiger partial charge >= 0.3 is 16.2 Å². The third kappa shape index (κ3) is 4.84. The van der Waals surface area contributed by atoms with Crippen molar-refractivity contribution < 1.29 is 26.9 Å². The Morgan fingerprint density at radius 3 is 2.57 bits per heavy atom. The number of nitrogens with one attached hydrogen (secondary N) is 1. The molecule has 1 aromatic rings. The molecular formula is C15H21NO6S. The molecule has 1 fully saturated rings. The van der Waals surface area contributed by atoms with Crippen LogP contribution in [0.5, 0.6) is 5.75 Å². The molecule has 8 heteroatoms. The van der Waals surface area contributed by atoms with E-state index in [4.69, 9.17) is 8.92 Å². The molecular weight excluding hydrogens is 322 g/mol. The first kappa shape index (κ1) is 17.6. The highest BCUT2D eigenvalue weighted by Gasteiger charge is 2.39. The maximum Gasteiger partial charge on any atom is 0.411 e. The molecule has 0 unspecified atom stereocenters. The highest BCUT2D eigenvalue weighted by molar-refractivity contribution is 7.87. The zero-order valence-electron chi connectivity index (χ0n) is 13.2. The smallest absolute Gasteiger partial charge is 0.411 e. The van der Waals surface area contributed by atoms with Crippen LogP contribution in [0, 0.1) is 0 Å². The summed E-state index contributed by atoms with van der Waals surface area (Å²) in [6.45, 7) is 0. The predicted molar refractivity (Wildman–Crippen MR) is 85.1 cm³/mol. The number of ether oxygens (including phenoxy) is 2. The molecule has 1 saturated carbocycles. The normalized spacial score (nSPS) is 16.8. The van der Waals surface area contributed by atoms with Crippen molar-refractivity contribution in [1.82, 2.24) is 0 Å². The second-order valence-corrected chi connectivity index (χ2v) is 7.09. The highest BCUT2D eigenvalue weighted by atomic mass is 32.2. The maximum absolute atomic E-state index is 12.3. The summed E-state index contributed by atoms with van der Waals surface area (Å²) in [5, 5.41) is 2.45. The summed E-state index contributed by atoms with van der Waals surface area (Å²) in [5.74, 6) is -0.0614. The molecule has 7 nitrogen and oxygen atoms in total. The summed E-state index contributed by atoms with van der Waals surface area (Å²) >= 11 is 0. The van der Waals surface area contributed by atoms with Gasteiger partial charge in [0.1, 0.15) is 11.5 Å². The molecule has 1 aromatic carbocycles. The lowest BCUT2D eigenvalue weighted by Gasteiger charge is -2.26. The molecule has 2 rings (SSSR count). The molecule has 0 atom stereocenters. The summed E-state index contributed by atoms with van der Waals surface area (Å²) in [6, 6.07) is 6.11. The third-order valence-corrected chi connectivity index (χ3v) is 5.20. The molecule has 1 aliphatic rings. The summed E-state index contributed by atoms with van der Waals surface area (Å²) in [5.41, 5.74) is -0.285. The summed E-state index contributed by atoms with van der Waals surface area (Å²) in [4.78, 5) is 11.2. The lowest BCUT2D eigenvalue weighted by atomic mass is 10.1. The Kier molecular flexibility index (Phi) is 5.48. The van der Waals surface area contributed by atoms with E-state index in [1.165, 1.54) is 26.4 Å². The molecule has 0 aliphatic heterocycles. The summed E-state index contributed by atoms with van der Waals surface area (Å²) in [6.07, 6.45) is 2.66. The van der Waals surface area contributed by atoms with Crippen LogP contribution in [-0.4, -0.2) is 40.1 Å². The van der Waals surface area contributed by atoms with Crippen LogP contribution in [0.4, 0.5) is 10.5 Å². The number of hydrogen-bond donors (Lipinski definition) is 1. The first-order valence-electron chi connectivity index (χ1n) is 7.30. The van der Waals surface area contributed by atoms with E-state index in [0.717, 1.165) is 12.8 Å². The number of amides is 1. The first-order chi connectivity index (χ1) is 10.9. The van der Waals surface area contributed by atoms with E-state index in [0.29, 0.717) is 18.5 Å². The topological polar surface area (TPSA) is 90.9 Å². The van der Waals surface area contributed by atoms with Gasteiger partial charge in [-0.2, -0.15) is 8.42 Å². The fraction of sp³-hybridized carbons (Fsp3) is 0.533. The Bertz CT molecular complexity index is 652. The van der Waals surface area contributed by atoms with Gasteiger partial charge in [-0.05, 0) is 25.0 Å². The maximum atomic E-state index is 12.3. The van der Waals surface area contributed by atoms with Crippen LogP contribution in [0.25, 0.3) is 0 Å². The second-order valence-electron chi connectivity index (χ2n) is 5.52. The minimum atomic E-state index is -3.81. The van der Waals surface area contributed by atoms with Gasteiger partial charge < -0.3 is 13.7 Å². The van der Waals surface area contributed by atoms with Crippen LogP contribution >= 0.6 is 0 Å². The molecule has 0 aromatic heterocycles. The van der Waals surface area contributed by atoms with Crippen LogP contribution in [-0.2, 0) is 19.6 Å². The van der Waals surface area contributed by atoms with Crippen molar-refractivity contribution >= 4 is 21.9 Å². The van der Waals surface area contributed by atoms with Gasteiger partial charge in [0, 0.05) is 18.9 Å². The van der Waals surface area contributed by atoms with Crippen molar-refractivity contribution in [3.63, 3.8) is 0 Å². The van der Waals surface area contributed by atoms with Gasteiger partial charge in [0.25, 0.3) is 0 Å². The van der Waals surface area contributed by atoms with Gasteiger partial charge in [-0.15, -0.1) is 0 Å². The van der Waals surface area contributed by atoms with Gasteiger partial charge in [-0.25, -0.2) is 4.79 Å². The van der Waals surface area contributed by atoms with Crippen molar-refractivity contribution in [1.29, 1.82) is 0 Å². The van der Waals surface area contributed by atoms with E-state index in [-0.39, 0.29) is 11.5 Å². The summed E-state index contributed by atoms with van der Waals surface area (Å²) in [7, 11) is -1.04. The zero-order chi connectivity index (χ0) is 16.9. The number of benzene rings is 1. The lowest BCUT2D eigenvalue weighted by Crippen LogP contribution is -2.38. The molecule has 1 aliphatic carbocycles. The monoisotopic (exact) mass is 343 g/mol. The molecule has 0 heterocycles. The Morgan fingerprint density at radius 1 is 1.26 bits per heavy atom. The van der Waals surface area contributed by atoms with Gasteiger partial charge in [-0.3, -0.25) is 5.32 Å². The molecule has 128 valence electrons. The van der Waals surface area contributed by atoms with E-state index < -0.39 is 21.8 Å². The number of hydrogen-bond acceptors (Lipinski definition) is 6. The molecule has 0 radical (unpaired) electrons. The standard InChI is InChI=1S/C15H21NO6S/c1-20-14(17)16-12-6-5-7-13(10-12)22-23(18,19)11-15(21-2)8-3-4-9-15/h5-7,10H,3-4,8-9,11H2,1-2H3,(H,16,17). The molecule has 23 heavy (non-hydrogen) atoms. The quantitative estimate of drug-likeness (QED) is 0.798. The Balaban J connectivity index is 2.08. The number of carbonyl (C=O) groups excluding carboxylic acids is 1. The zero-order valence-corrected chi connectivity index (χ0v) is 14.0. The average molecular weight is 343 g/mol. The lowest BCUT2D eigenvalue weighted by molar-refractivity contribution is 0.0146. The van der Waals surface area contributed by atoms with E-state index in [1.54, 1.807) is 12.1 Å². The first-order valence-corrected chi connectivity index (χ1v) is 8.88. The van der Waals surface area contributed by atoms with Crippen LogP contribution < -0.4 is 9.50 Å². The van der Waals surface area contributed by atoms with Crippen molar-refractivity contribution in [3.05, 3.63) is 24.3 Å². The molecule has 0 spiro atoms. The van der Waals surface area contributed by atoms with E-state index in [1.807, 2.05) is 0 Å². The van der Waals surface area contributed by atoms with Crippen molar-refractivity contribution in [2.45, 2.75) is 31.3 Å². The van der Waals surface area contributed by atoms with Gasteiger partial charge in [0.05, 0.1) is 12.7 Å². The van der Waals surface area contributed by atoms with Crippen LogP contribution in [0.15, 0.2) is 24.3 Å². The number of rotatable bonds is 6. The van der Waals surface area contributed by atoms with E-state index in [2.05, 4.69) is 10.1 Å². The Labute approximate surface area is 136 Å². The van der Waals surface area contributed by atoms with Gasteiger partial charge in [0.2, 0.25) is 0 Å². The van der Waals surface area contributed by atoms with Crippen LogP contribution in [0.2, 0.25) is 0 Å². The average Bonchev–Trinajstić information content (AvgIpc) is 2.95. The predicted octanol–water partition coefficient (Wildman–Crippen LogP) is 2.53. The molecule has 0 bridgehead atoms. The Morgan fingerprint density at radius 2 is 1.96 bits per heavy atom. The second kappa shape index (κ2) is 7.18. The van der Waals surface area contributed by atoms with Crippen molar-refractivity contribution in [2.24, 2.45) is 0 Å². The number of methoxy groups -OCH3 is 2. The number of anilines is 1. The minimum Gasteiger partial charge on any atom is -0.453 e. The van der Waals surface area contributed by atoms with E-state index >= 15 is 0 Å². The number of carbonyl (C=O) groups is 1. The van der Waals surface area contributed by atoms with Crippen molar-refractivity contribution in [3.8, 4) is 5.75 Å². The Hall–Kier alpha value is -1.80. The van der Waals surface area contributed by atoms with Crippen LogP contribution in [0.1, 0.15) is 25.7 Å². The highest BCUT2D eigenvalue weighted by Crippen LogP contribution is 2.34.